The quantitative estimate of drug-likeness (QED) is 0.751. The zero-order valence-corrected chi connectivity index (χ0v) is 16.2. The molecule has 0 spiro atoms. The highest BCUT2D eigenvalue weighted by atomic mass is 19.1. The summed E-state index contributed by atoms with van der Waals surface area (Å²) in [6.45, 7) is 2.12. The van der Waals surface area contributed by atoms with E-state index in [9.17, 15) is 18.8 Å². The summed E-state index contributed by atoms with van der Waals surface area (Å²) < 4.78 is 24.3. The Hall–Kier alpha value is -3.62. The molecule has 4 rings (SSSR count). The first-order valence-electron chi connectivity index (χ1n) is 9.46. The molecule has 2 heterocycles. The zero-order chi connectivity index (χ0) is 21.3. The average Bonchev–Trinajstić information content (AvgIpc) is 2.88. The minimum Gasteiger partial charge on any atom is -0.490 e. The molecule has 4 amide bonds. The fourth-order valence-corrected chi connectivity index (χ4v) is 3.40. The van der Waals surface area contributed by atoms with Crippen LogP contribution in [0.25, 0.3) is 0 Å². The molecule has 156 valence electrons. The van der Waals surface area contributed by atoms with E-state index in [-0.39, 0.29) is 0 Å². The molecule has 9 heteroatoms. The van der Waals surface area contributed by atoms with E-state index in [2.05, 4.69) is 10.6 Å². The molecule has 2 aliphatic heterocycles. The topological polar surface area (TPSA) is 97.0 Å². The summed E-state index contributed by atoms with van der Waals surface area (Å²) in [5.41, 5.74) is -0.494. The third-order valence-corrected chi connectivity index (χ3v) is 5.03. The molecule has 0 radical (unpaired) electrons. The molecule has 30 heavy (non-hydrogen) atoms. The molecule has 2 aromatic rings. The van der Waals surface area contributed by atoms with Crippen LogP contribution in [0.4, 0.5) is 14.9 Å². The number of nitrogens with zero attached hydrogens (tertiary/aromatic N) is 1. The highest BCUT2D eigenvalue weighted by molar-refractivity contribution is 6.10. The van der Waals surface area contributed by atoms with Crippen LogP contribution in [0.2, 0.25) is 0 Å². The number of hydrogen-bond donors (Lipinski definition) is 2. The van der Waals surface area contributed by atoms with Crippen molar-refractivity contribution in [3.05, 3.63) is 53.8 Å². The SMILES string of the molecule is C[C@]1(c2ccc(F)cc2)NC(=O)N(CC(=O)Nc2ccc3c(c2)OCCCO3)C1=O. The summed E-state index contributed by atoms with van der Waals surface area (Å²) in [6, 6.07) is 9.55. The first-order valence-corrected chi connectivity index (χ1v) is 9.46. The number of ether oxygens (including phenoxy) is 2. The molecule has 1 saturated heterocycles. The largest absolute Gasteiger partial charge is 0.490 e. The number of anilines is 1. The molecule has 1 fully saturated rings. The lowest BCUT2D eigenvalue weighted by Gasteiger charge is -2.22. The van der Waals surface area contributed by atoms with Crippen molar-refractivity contribution < 1.29 is 28.2 Å². The number of halogens is 1. The summed E-state index contributed by atoms with van der Waals surface area (Å²) in [4.78, 5) is 38.6. The van der Waals surface area contributed by atoms with E-state index in [1.165, 1.54) is 31.2 Å². The highest BCUT2D eigenvalue weighted by Gasteiger charge is 2.49. The van der Waals surface area contributed by atoms with Gasteiger partial charge in [-0.1, -0.05) is 12.1 Å². The number of amides is 4. The van der Waals surface area contributed by atoms with Gasteiger partial charge in [0.25, 0.3) is 5.91 Å². The van der Waals surface area contributed by atoms with Gasteiger partial charge in [-0.2, -0.15) is 0 Å². The molecule has 0 bridgehead atoms. The average molecular weight is 413 g/mol. The van der Waals surface area contributed by atoms with Gasteiger partial charge in [0.1, 0.15) is 17.9 Å². The van der Waals surface area contributed by atoms with Crippen molar-refractivity contribution in [1.82, 2.24) is 10.2 Å². The minimum absolute atomic E-state index is 0.424. The Balaban J connectivity index is 1.46. The van der Waals surface area contributed by atoms with Crippen LogP contribution in [0, 0.1) is 5.82 Å². The van der Waals surface area contributed by atoms with Gasteiger partial charge in [-0.3, -0.25) is 14.5 Å². The Morgan fingerprint density at radius 2 is 1.83 bits per heavy atom. The van der Waals surface area contributed by atoms with Gasteiger partial charge in [-0.05, 0) is 36.8 Å². The van der Waals surface area contributed by atoms with Gasteiger partial charge in [-0.25, -0.2) is 9.18 Å². The van der Waals surface area contributed by atoms with Crippen molar-refractivity contribution in [1.29, 1.82) is 0 Å². The third kappa shape index (κ3) is 3.66. The van der Waals surface area contributed by atoms with Crippen LogP contribution in [0.3, 0.4) is 0 Å². The van der Waals surface area contributed by atoms with Gasteiger partial charge in [-0.15, -0.1) is 0 Å². The fraction of sp³-hybridized carbons (Fsp3) is 0.286. The Bertz CT molecular complexity index is 1010. The lowest BCUT2D eigenvalue weighted by Crippen LogP contribution is -2.42. The van der Waals surface area contributed by atoms with Crippen molar-refractivity contribution >= 4 is 23.5 Å². The Labute approximate surface area is 171 Å². The summed E-state index contributed by atoms with van der Waals surface area (Å²) in [5.74, 6) is -0.478. The molecule has 0 saturated carbocycles. The Morgan fingerprint density at radius 1 is 1.13 bits per heavy atom. The van der Waals surface area contributed by atoms with E-state index in [1.807, 2.05) is 0 Å². The van der Waals surface area contributed by atoms with E-state index in [1.54, 1.807) is 18.2 Å². The predicted octanol–water partition coefficient (Wildman–Crippen LogP) is 2.39. The number of imide groups is 1. The van der Waals surface area contributed by atoms with Crippen LogP contribution < -0.4 is 20.1 Å². The molecule has 2 aromatic carbocycles. The van der Waals surface area contributed by atoms with Crippen molar-refractivity contribution in [2.45, 2.75) is 18.9 Å². The summed E-state index contributed by atoms with van der Waals surface area (Å²) in [6.07, 6.45) is 0.759. The summed E-state index contributed by atoms with van der Waals surface area (Å²) in [5, 5.41) is 5.24. The van der Waals surface area contributed by atoms with Crippen molar-refractivity contribution in [2.75, 3.05) is 25.1 Å². The van der Waals surface area contributed by atoms with Gasteiger partial charge in [0.15, 0.2) is 11.5 Å². The van der Waals surface area contributed by atoms with Crippen LogP contribution in [-0.4, -0.2) is 42.5 Å². The molecule has 2 N–H and O–H groups in total. The maximum absolute atomic E-state index is 13.2. The number of rotatable bonds is 4. The standard InChI is InChI=1S/C21H20FN3O5/c1-21(13-3-5-14(22)6-4-13)19(27)25(20(28)24-21)12-18(26)23-15-7-8-16-17(11-15)30-10-2-9-29-16/h3-8,11H,2,9-10,12H2,1H3,(H,23,26)(H,24,28)/t21-/m1/s1. The third-order valence-electron chi connectivity index (χ3n) is 5.03. The zero-order valence-electron chi connectivity index (χ0n) is 16.2. The molecule has 0 aromatic heterocycles. The van der Waals surface area contributed by atoms with Gasteiger partial charge in [0, 0.05) is 18.2 Å². The molecular formula is C21H20FN3O5. The van der Waals surface area contributed by atoms with E-state index < -0.39 is 35.7 Å². The lowest BCUT2D eigenvalue weighted by atomic mass is 9.92. The first-order chi connectivity index (χ1) is 14.4. The van der Waals surface area contributed by atoms with Crippen molar-refractivity contribution in [2.24, 2.45) is 0 Å². The second kappa shape index (κ2) is 7.66. The number of urea groups is 1. The summed E-state index contributed by atoms with van der Waals surface area (Å²) >= 11 is 0. The lowest BCUT2D eigenvalue weighted by molar-refractivity contribution is -0.133. The number of hydrogen-bond acceptors (Lipinski definition) is 5. The molecule has 0 aliphatic carbocycles. The monoisotopic (exact) mass is 413 g/mol. The highest BCUT2D eigenvalue weighted by Crippen LogP contribution is 2.32. The second-order valence-electron chi connectivity index (χ2n) is 7.21. The van der Waals surface area contributed by atoms with E-state index in [0.717, 1.165) is 11.3 Å². The number of nitrogens with one attached hydrogen (secondary N) is 2. The second-order valence-corrected chi connectivity index (χ2v) is 7.21. The van der Waals surface area contributed by atoms with Gasteiger partial charge in [0.05, 0.1) is 13.2 Å². The maximum Gasteiger partial charge on any atom is 0.325 e. The number of benzene rings is 2. The molecular weight excluding hydrogens is 393 g/mol. The first kappa shape index (κ1) is 19.7. The van der Waals surface area contributed by atoms with E-state index in [4.69, 9.17) is 9.47 Å². The van der Waals surface area contributed by atoms with Gasteiger partial charge < -0.3 is 20.1 Å². The van der Waals surface area contributed by atoms with E-state index in [0.29, 0.717) is 36.0 Å². The fourth-order valence-electron chi connectivity index (χ4n) is 3.40. The van der Waals surface area contributed by atoms with Gasteiger partial charge >= 0.3 is 6.03 Å². The van der Waals surface area contributed by atoms with Crippen molar-refractivity contribution in [3.63, 3.8) is 0 Å². The number of fused-ring (bicyclic) bond motifs is 1. The number of carbonyl (C=O) groups is 3. The normalized spacial score (nSPS) is 20.5. The van der Waals surface area contributed by atoms with E-state index >= 15 is 0 Å². The Kier molecular flexibility index (Phi) is 5.03. The smallest absolute Gasteiger partial charge is 0.325 e. The van der Waals surface area contributed by atoms with Crippen LogP contribution >= 0.6 is 0 Å². The molecule has 2 aliphatic rings. The minimum atomic E-state index is -1.37. The Morgan fingerprint density at radius 3 is 2.57 bits per heavy atom. The molecule has 1 atom stereocenters. The van der Waals surface area contributed by atoms with Crippen LogP contribution in [0.15, 0.2) is 42.5 Å². The molecule has 0 unspecified atom stereocenters. The number of carbonyl (C=O) groups excluding carboxylic acids is 3. The van der Waals surface area contributed by atoms with Crippen LogP contribution in [-0.2, 0) is 15.1 Å². The van der Waals surface area contributed by atoms with Crippen LogP contribution in [0.5, 0.6) is 11.5 Å². The van der Waals surface area contributed by atoms with Crippen LogP contribution in [0.1, 0.15) is 18.9 Å². The van der Waals surface area contributed by atoms with Crippen molar-refractivity contribution in [3.8, 4) is 11.5 Å². The predicted molar refractivity (Wildman–Crippen MR) is 105 cm³/mol. The maximum atomic E-state index is 13.2. The summed E-state index contributed by atoms with van der Waals surface area (Å²) in [7, 11) is 0. The molecule has 8 nitrogen and oxygen atoms in total. The van der Waals surface area contributed by atoms with Gasteiger partial charge in [0.2, 0.25) is 5.91 Å².